The van der Waals surface area contributed by atoms with Crippen LogP contribution >= 0.6 is 15.9 Å². The third kappa shape index (κ3) is 4.33. The van der Waals surface area contributed by atoms with Gasteiger partial charge in [-0.05, 0) is 49.2 Å². The van der Waals surface area contributed by atoms with Gasteiger partial charge >= 0.3 is 0 Å². The number of aromatic amines is 1. The van der Waals surface area contributed by atoms with E-state index in [4.69, 9.17) is 0 Å². The molecule has 3 rings (SSSR count). The molecular weight excluding hydrogens is 382 g/mol. The van der Waals surface area contributed by atoms with E-state index in [2.05, 4.69) is 31.2 Å². The molecule has 25 heavy (non-hydrogen) atoms. The Hall–Kier alpha value is -2.47. The normalized spacial score (nSPS) is 10.8. The number of aryl methyl sites for hydroxylation is 2. The molecule has 0 bridgehead atoms. The van der Waals surface area contributed by atoms with Gasteiger partial charge in [0.05, 0.1) is 10.9 Å². The van der Waals surface area contributed by atoms with Crippen LogP contribution in [0.1, 0.15) is 24.2 Å². The van der Waals surface area contributed by atoms with Gasteiger partial charge in [-0.15, -0.1) is 0 Å². The van der Waals surface area contributed by atoms with Crippen molar-refractivity contribution in [2.24, 2.45) is 0 Å². The Morgan fingerprint density at radius 3 is 2.84 bits per heavy atom. The number of rotatable bonds is 5. The van der Waals surface area contributed by atoms with Crippen LogP contribution in [0.25, 0.3) is 10.9 Å². The number of nitrogens with zero attached hydrogens (tertiary/aromatic N) is 1. The van der Waals surface area contributed by atoms with Gasteiger partial charge in [0.15, 0.2) is 0 Å². The maximum atomic E-state index is 12.1. The molecule has 128 valence electrons. The van der Waals surface area contributed by atoms with Crippen LogP contribution in [0.4, 0.5) is 5.69 Å². The summed E-state index contributed by atoms with van der Waals surface area (Å²) in [5.41, 5.74) is 2.38. The van der Waals surface area contributed by atoms with E-state index in [0.29, 0.717) is 36.0 Å². The SMILES string of the molecule is Cc1cc(NC(=O)CCCc2nc3ccccc3c(=O)[nH]2)ccc1Br. The second-order valence-corrected chi connectivity index (χ2v) is 6.75. The quantitative estimate of drug-likeness (QED) is 0.681. The number of carbonyl (C=O) groups is 1. The molecule has 1 heterocycles. The predicted molar refractivity (Wildman–Crippen MR) is 103 cm³/mol. The number of amides is 1. The number of para-hydroxylation sites is 1. The van der Waals surface area contributed by atoms with Crippen LogP contribution in [0.2, 0.25) is 0 Å². The van der Waals surface area contributed by atoms with Crippen molar-refractivity contribution >= 4 is 38.4 Å². The van der Waals surface area contributed by atoms with Gasteiger partial charge in [0.1, 0.15) is 5.82 Å². The van der Waals surface area contributed by atoms with Gasteiger partial charge in [-0.2, -0.15) is 0 Å². The van der Waals surface area contributed by atoms with E-state index in [1.807, 2.05) is 43.3 Å². The average molecular weight is 400 g/mol. The van der Waals surface area contributed by atoms with Crippen molar-refractivity contribution in [2.45, 2.75) is 26.2 Å². The summed E-state index contributed by atoms with van der Waals surface area (Å²) >= 11 is 3.44. The molecule has 0 spiro atoms. The summed E-state index contributed by atoms with van der Waals surface area (Å²) in [4.78, 5) is 31.3. The molecule has 2 N–H and O–H groups in total. The molecule has 1 aromatic heterocycles. The highest BCUT2D eigenvalue weighted by Gasteiger charge is 2.07. The molecule has 0 atom stereocenters. The first-order valence-electron chi connectivity index (χ1n) is 8.07. The highest BCUT2D eigenvalue weighted by molar-refractivity contribution is 9.10. The van der Waals surface area contributed by atoms with Crippen LogP contribution < -0.4 is 10.9 Å². The van der Waals surface area contributed by atoms with Gasteiger partial charge in [0, 0.05) is 23.0 Å². The Bertz CT molecular complexity index is 982. The lowest BCUT2D eigenvalue weighted by Crippen LogP contribution is -2.14. The second kappa shape index (κ2) is 7.61. The number of H-pyrrole nitrogens is 1. The zero-order chi connectivity index (χ0) is 17.8. The lowest BCUT2D eigenvalue weighted by atomic mass is 10.2. The first-order chi connectivity index (χ1) is 12.0. The average Bonchev–Trinajstić information content (AvgIpc) is 2.58. The molecule has 0 fully saturated rings. The van der Waals surface area contributed by atoms with Gasteiger partial charge in [-0.1, -0.05) is 28.1 Å². The fraction of sp³-hybridized carbons (Fsp3) is 0.211. The molecule has 0 aliphatic heterocycles. The zero-order valence-corrected chi connectivity index (χ0v) is 15.4. The largest absolute Gasteiger partial charge is 0.326 e. The molecule has 0 aliphatic rings. The van der Waals surface area contributed by atoms with Crippen molar-refractivity contribution in [2.75, 3.05) is 5.32 Å². The van der Waals surface area contributed by atoms with Crippen LogP contribution in [0.15, 0.2) is 51.7 Å². The van der Waals surface area contributed by atoms with Gasteiger partial charge < -0.3 is 10.3 Å². The van der Waals surface area contributed by atoms with E-state index in [-0.39, 0.29) is 11.5 Å². The fourth-order valence-corrected chi connectivity index (χ4v) is 2.86. The highest BCUT2D eigenvalue weighted by atomic mass is 79.9. The van der Waals surface area contributed by atoms with Crippen molar-refractivity contribution in [3.8, 4) is 0 Å². The number of aromatic nitrogens is 2. The molecular formula is C19H18BrN3O2. The van der Waals surface area contributed by atoms with Gasteiger partial charge in [-0.3, -0.25) is 9.59 Å². The van der Waals surface area contributed by atoms with Crippen LogP contribution in [0, 0.1) is 6.92 Å². The Balaban J connectivity index is 1.58. The molecule has 0 radical (unpaired) electrons. The van der Waals surface area contributed by atoms with E-state index in [9.17, 15) is 9.59 Å². The third-order valence-electron chi connectivity index (χ3n) is 3.92. The summed E-state index contributed by atoms with van der Waals surface area (Å²) in [5, 5.41) is 3.46. The Kier molecular flexibility index (Phi) is 5.28. The molecule has 6 heteroatoms. The van der Waals surface area contributed by atoms with Gasteiger partial charge in [0.25, 0.3) is 5.56 Å². The van der Waals surface area contributed by atoms with Crippen molar-refractivity contribution in [1.82, 2.24) is 9.97 Å². The van der Waals surface area contributed by atoms with E-state index in [1.165, 1.54) is 0 Å². The Morgan fingerprint density at radius 2 is 2.04 bits per heavy atom. The topological polar surface area (TPSA) is 74.8 Å². The standard InChI is InChI=1S/C19H18BrN3O2/c1-12-11-13(9-10-15(12)20)21-18(24)8-4-7-17-22-16-6-3-2-5-14(16)19(25)23-17/h2-3,5-6,9-11H,4,7-8H2,1H3,(H,21,24)(H,22,23,25). The van der Waals surface area contributed by atoms with Crippen LogP contribution in [0.3, 0.4) is 0 Å². The minimum atomic E-state index is -0.143. The number of hydrogen-bond acceptors (Lipinski definition) is 3. The smallest absolute Gasteiger partial charge is 0.258 e. The first kappa shape index (κ1) is 17.4. The molecule has 0 saturated carbocycles. The van der Waals surface area contributed by atoms with Crippen molar-refractivity contribution < 1.29 is 4.79 Å². The summed E-state index contributed by atoms with van der Waals surface area (Å²) in [6.07, 6.45) is 1.53. The molecule has 5 nitrogen and oxygen atoms in total. The summed E-state index contributed by atoms with van der Waals surface area (Å²) in [6.45, 7) is 1.97. The maximum absolute atomic E-state index is 12.1. The lowest BCUT2D eigenvalue weighted by molar-refractivity contribution is -0.116. The molecule has 3 aromatic rings. The number of anilines is 1. The maximum Gasteiger partial charge on any atom is 0.258 e. The van der Waals surface area contributed by atoms with Crippen molar-refractivity contribution in [3.63, 3.8) is 0 Å². The number of fused-ring (bicyclic) bond motifs is 1. The number of nitrogens with one attached hydrogen (secondary N) is 2. The first-order valence-corrected chi connectivity index (χ1v) is 8.86. The van der Waals surface area contributed by atoms with Gasteiger partial charge in [-0.25, -0.2) is 4.98 Å². The molecule has 0 aliphatic carbocycles. The number of carbonyl (C=O) groups excluding carboxylic acids is 1. The van der Waals surface area contributed by atoms with E-state index in [1.54, 1.807) is 6.07 Å². The minimum Gasteiger partial charge on any atom is -0.326 e. The molecule has 0 unspecified atom stereocenters. The zero-order valence-electron chi connectivity index (χ0n) is 13.8. The Morgan fingerprint density at radius 1 is 1.24 bits per heavy atom. The fourth-order valence-electron chi connectivity index (χ4n) is 2.62. The van der Waals surface area contributed by atoms with E-state index >= 15 is 0 Å². The molecule has 0 saturated heterocycles. The lowest BCUT2D eigenvalue weighted by Gasteiger charge is -2.07. The molecule has 2 aromatic carbocycles. The van der Waals surface area contributed by atoms with Gasteiger partial charge in [0.2, 0.25) is 5.91 Å². The second-order valence-electron chi connectivity index (χ2n) is 5.90. The summed E-state index contributed by atoms with van der Waals surface area (Å²) in [6, 6.07) is 12.9. The van der Waals surface area contributed by atoms with Crippen LogP contribution in [0.5, 0.6) is 0 Å². The summed E-state index contributed by atoms with van der Waals surface area (Å²) in [7, 11) is 0. The minimum absolute atomic E-state index is 0.0511. The summed E-state index contributed by atoms with van der Waals surface area (Å²) < 4.78 is 1.01. The highest BCUT2D eigenvalue weighted by Crippen LogP contribution is 2.20. The van der Waals surface area contributed by atoms with E-state index < -0.39 is 0 Å². The van der Waals surface area contributed by atoms with Crippen LogP contribution in [-0.4, -0.2) is 15.9 Å². The number of hydrogen-bond donors (Lipinski definition) is 2. The number of benzene rings is 2. The predicted octanol–water partition coefficient (Wildman–Crippen LogP) is 3.96. The van der Waals surface area contributed by atoms with E-state index in [0.717, 1.165) is 15.7 Å². The number of halogens is 1. The summed E-state index contributed by atoms with van der Waals surface area (Å²) in [5.74, 6) is 0.556. The van der Waals surface area contributed by atoms with Crippen LogP contribution in [-0.2, 0) is 11.2 Å². The van der Waals surface area contributed by atoms with Crippen molar-refractivity contribution in [3.05, 3.63) is 68.7 Å². The third-order valence-corrected chi connectivity index (χ3v) is 4.81. The molecule has 1 amide bonds. The van der Waals surface area contributed by atoms with Crippen molar-refractivity contribution in [1.29, 1.82) is 0 Å². The Labute approximate surface area is 153 Å². The monoisotopic (exact) mass is 399 g/mol.